The maximum Gasteiger partial charge on any atom is 0.342 e. The number of carboxylic acids is 1. The van der Waals surface area contributed by atoms with Crippen LogP contribution in [-0.4, -0.2) is 11.1 Å². The lowest BCUT2D eigenvalue weighted by atomic mass is 9.90. The average molecular weight is 248 g/mol. The van der Waals surface area contributed by atoms with Gasteiger partial charge in [0, 0.05) is 6.07 Å². The zero-order chi connectivity index (χ0) is 13.5. The molecule has 0 aromatic carbocycles. The van der Waals surface area contributed by atoms with E-state index in [1.54, 1.807) is 10.8 Å². The first kappa shape index (κ1) is 14.4. The highest BCUT2D eigenvalue weighted by Gasteiger charge is 2.19. The molecule has 0 amide bonds. The Balaban J connectivity index is 3.04. The summed E-state index contributed by atoms with van der Waals surface area (Å²) in [6.07, 6.45) is 10.7. The van der Waals surface area contributed by atoms with E-state index in [1.165, 1.54) is 0 Å². The molecule has 98 valence electrons. The molecule has 0 fully saturated rings. The van der Waals surface area contributed by atoms with Crippen LogP contribution in [0.2, 0.25) is 0 Å². The van der Waals surface area contributed by atoms with Gasteiger partial charge >= 0.3 is 5.97 Å². The standard InChI is InChI=1S/C15H21NO2/c1-4-6-7-8-12(5-2)13-9-10-16(3)11-14(13)15(17)18/h6-7,9-12H,4-5,8H2,1-3H3/p+1/b7-6+/t12-/m0/s1. The number of aryl methyl sites for hydroxylation is 1. The van der Waals surface area contributed by atoms with Gasteiger partial charge in [-0.25, -0.2) is 9.36 Å². The van der Waals surface area contributed by atoms with Gasteiger partial charge in [0.2, 0.25) is 0 Å². The van der Waals surface area contributed by atoms with E-state index in [-0.39, 0.29) is 5.92 Å². The van der Waals surface area contributed by atoms with Crippen molar-refractivity contribution in [3.05, 3.63) is 41.7 Å². The molecule has 0 saturated carbocycles. The summed E-state index contributed by atoms with van der Waals surface area (Å²) in [7, 11) is 1.84. The molecular weight excluding hydrogens is 226 g/mol. The highest BCUT2D eigenvalue weighted by atomic mass is 16.4. The Labute approximate surface area is 109 Å². The smallest absolute Gasteiger partial charge is 0.342 e. The largest absolute Gasteiger partial charge is 0.477 e. The number of aromatic nitrogens is 1. The molecule has 1 N–H and O–H groups in total. The van der Waals surface area contributed by atoms with Crippen molar-refractivity contribution >= 4 is 5.97 Å². The number of rotatable bonds is 6. The lowest BCUT2D eigenvalue weighted by molar-refractivity contribution is -0.671. The third kappa shape index (κ3) is 3.69. The van der Waals surface area contributed by atoms with Crippen molar-refractivity contribution in [2.24, 2.45) is 7.05 Å². The molecule has 0 aliphatic carbocycles. The Hall–Kier alpha value is -1.64. The molecule has 0 spiro atoms. The van der Waals surface area contributed by atoms with E-state index in [9.17, 15) is 9.90 Å². The van der Waals surface area contributed by atoms with E-state index in [0.717, 1.165) is 24.8 Å². The molecule has 0 bridgehead atoms. The van der Waals surface area contributed by atoms with E-state index in [2.05, 4.69) is 26.0 Å². The van der Waals surface area contributed by atoms with Gasteiger partial charge in [0.25, 0.3) is 0 Å². The topological polar surface area (TPSA) is 41.2 Å². The van der Waals surface area contributed by atoms with Crippen molar-refractivity contribution < 1.29 is 14.5 Å². The Bertz CT molecular complexity index is 438. The molecule has 1 rings (SSSR count). The molecule has 1 heterocycles. The maximum absolute atomic E-state index is 11.3. The normalized spacial score (nSPS) is 12.8. The second kappa shape index (κ2) is 6.94. The van der Waals surface area contributed by atoms with Crippen molar-refractivity contribution in [2.45, 2.75) is 39.0 Å². The number of carboxylic acid groups (broad SMARTS) is 1. The van der Waals surface area contributed by atoms with Gasteiger partial charge in [0.15, 0.2) is 12.4 Å². The lowest BCUT2D eigenvalue weighted by Crippen LogP contribution is -2.29. The maximum atomic E-state index is 11.3. The van der Waals surface area contributed by atoms with Crippen molar-refractivity contribution in [3.8, 4) is 0 Å². The van der Waals surface area contributed by atoms with E-state index in [4.69, 9.17) is 0 Å². The molecule has 1 atom stereocenters. The molecule has 18 heavy (non-hydrogen) atoms. The van der Waals surface area contributed by atoms with Gasteiger partial charge in [-0.15, -0.1) is 0 Å². The van der Waals surface area contributed by atoms with Crippen LogP contribution >= 0.6 is 0 Å². The monoisotopic (exact) mass is 248 g/mol. The van der Waals surface area contributed by atoms with E-state index >= 15 is 0 Å². The fourth-order valence-electron chi connectivity index (χ4n) is 2.08. The summed E-state index contributed by atoms with van der Waals surface area (Å²) in [6.45, 7) is 4.20. The summed E-state index contributed by atoms with van der Waals surface area (Å²) in [6, 6.07) is 1.93. The first-order chi connectivity index (χ1) is 8.60. The minimum Gasteiger partial charge on any atom is -0.477 e. The number of hydrogen-bond acceptors (Lipinski definition) is 1. The van der Waals surface area contributed by atoms with Crippen LogP contribution in [0.4, 0.5) is 0 Å². The third-order valence-corrected chi connectivity index (χ3v) is 3.12. The van der Waals surface area contributed by atoms with E-state index in [1.807, 2.05) is 19.3 Å². The van der Waals surface area contributed by atoms with Gasteiger partial charge in [0.1, 0.15) is 12.6 Å². The number of carbonyl (C=O) groups is 1. The van der Waals surface area contributed by atoms with Crippen molar-refractivity contribution in [2.75, 3.05) is 0 Å². The second-order valence-corrected chi connectivity index (χ2v) is 4.51. The SMILES string of the molecule is CC/C=C/C[C@H](CC)c1cc[n+](C)cc1C(=O)O. The molecule has 0 aliphatic rings. The zero-order valence-electron chi connectivity index (χ0n) is 11.4. The van der Waals surface area contributed by atoms with Crippen LogP contribution in [0.3, 0.4) is 0 Å². The number of allylic oxidation sites excluding steroid dienone is 2. The lowest BCUT2D eigenvalue weighted by Gasteiger charge is -2.14. The zero-order valence-corrected chi connectivity index (χ0v) is 11.4. The molecule has 3 heteroatoms. The van der Waals surface area contributed by atoms with Crippen LogP contribution in [0.5, 0.6) is 0 Å². The third-order valence-electron chi connectivity index (χ3n) is 3.12. The Morgan fingerprint density at radius 3 is 2.72 bits per heavy atom. The van der Waals surface area contributed by atoms with Crippen LogP contribution in [0.1, 0.15) is 54.9 Å². The Kier molecular flexibility index (Phi) is 5.56. The van der Waals surface area contributed by atoms with Crippen LogP contribution < -0.4 is 4.57 Å². The molecule has 0 unspecified atom stereocenters. The van der Waals surface area contributed by atoms with Crippen molar-refractivity contribution in [1.82, 2.24) is 0 Å². The quantitative estimate of drug-likeness (QED) is 0.621. The van der Waals surface area contributed by atoms with Gasteiger partial charge in [0.05, 0.1) is 0 Å². The molecule has 0 radical (unpaired) electrons. The number of hydrogen-bond donors (Lipinski definition) is 1. The van der Waals surface area contributed by atoms with Gasteiger partial charge in [-0.05, 0) is 30.7 Å². The predicted molar refractivity (Wildman–Crippen MR) is 71.7 cm³/mol. The first-order valence-corrected chi connectivity index (χ1v) is 6.47. The molecular formula is C15H22NO2+. The average Bonchev–Trinajstić information content (AvgIpc) is 2.35. The van der Waals surface area contributed by atoms with Crippen molar-refractivity contribution in [1.29, 1.82) is 0 Å². The molecule has 1 aromatic rings. The fraction of sp³-hybridized carbons (Fsp3) is 0.467. The highest BCUT2D eigenvalue weighted by Crippen LogP contribution is 2.26. The van der Waals surface area contributed by atoms with Crippen LogP contribution in [-0.2, 0) is 7.05 Å². The van der Waals surface area contributed by atoms with Crippen LogP contribution in [0.15, 0.2) is 30.6 Å². The first-order valence-electron chi connectivity index (χ1n) is 6.47. The summed E-state index contributed by atoms with van der Waals surface area (Å²) < 4.78 is 1.78. The van der Waals surface area contributed by atoms with Gasteiger partial charge in [-0.3, -0.25) is 0 Å². The Morgan fingerprint density at radius 1 is 1.44 bits per heavy atom. The van der Waals surface area contributed by atoms with Gasteiger partial charge in [-0.1, -0.05) is 26.0 Å². The number of pyridine rings is 1. The second-order valence-electron chi connectivity index (χ2n) is 4.51. The van der Waals surface area contributed by atoms with Crippen LogP contribution in [0, 0.1) is 0 Å². The minimum atomic E-state index is -0.848. The summed E-state index contributed by atoms with van der Waals surface area (Å²) >= 11 is 0. The molecule has 0 aliphatic heterocycles. The summed E-state index contributed by atoms with van der Waals surface area (Å²) in [5.41, 5.74) is 1.35. The van der Waals surface area contributed by atoms with E-state index in [0.29, 0.717) is 5.56 Å². The van der Waals surface area contributed by atoms with E-state index < -0.39 is 5.97 Å². The minimum absolute atomic E-state index is 0.278. The fourth-order valence-corrected chi connectivity index (χ4v) is 2.08. The van der Waals surface area contributed by atoms with Crippen LogP contribution in [0.25, 0.3) is 0 Å². The summed E-state index contributed by atoms with van der Waals surface area (Å²) in [5.74, 6) is -0.570. The molecule has 1 aromatic heterocycles. The molecule has 3 nitrogen and oxygen atoms in total. The number of nitrogens with zero attached hydrogens (tertiary/aromatic N) is 1. The van der Waals surface area contributed by atoms with Gasteiger partial charge < -0.3 is 5.11 Å². The highest BCUT2D eigenvalue weighted by molar-refractivity contribution is 5.88. The molecule has 0 saturated heterocycles. The van der Waals surface area contributed by atoms with Gasteiger partial charge in [-0.2, -0.15) is 0 Å². The van der Waals surface area contributed by atoms with Crippen molar-refractivity contribution in [3.63, 3.8) is 0 Å². The summed E-state index contributed by atoms with van der Waals surface area (Å²) in [4.78, 5) is 11.3. The Morgan fingerprint density at radius 2 is 2.17 bits per heavy atom. The predicted octanol–water partition coefficient (Wildman–Crippen LogP) is 3.06. The summed E-state index contributed by atoms with van der Waals surface area (Å²) in [5, 5.41) is 9.27. The number of aromatic carboxylic acids is 1.